The van der Waals surface area contributed by atoms with E-state index >= 15 is 0 Å². The van der Waals surface area contributed by atoms with Crippen LogP contribution in [-0.2, 0) is 0 Å². The molecule has 1 atom stereocenters. The molecule has 2 rings (SSSR count). The van der Waals surface area contributed by atoms with Gasteiger partial charge in [-0.25, -0.2) is 0 Å². The third-order valence-corrected chi connectivity index (χ3v) is 4.67. The van der Waals surface area contributed by atoms with E-state index in [-0.39, 0.29) is 0 Å². The van der Waals surface area contributed by atoms with Gasteiger partial charge in [-0.15, -0.1) is 0 Å². The predicted molar refractivity (Wildman–Crippen MR) is 64.9 cm³/mol. The molecule has 0 amide bonds. The zero-order valence-electron chi connectivity index (χ0n) is 9.13. The molecule has 0 bridgehead atoms. The average Bonchev–Trinajstić information content (AvgIpc) is 2.48. The summed E-state index contributed by atoms with van der Waals surface area (Å²) in [5.74, 6) is 3.86. The van der Waals surface area contributed by atoms with Crippen LogP contribution in [-0.4, -0.2) is 24.1 Å². The van der Waals surface area contributed by atoms with E-state index in [0.29, 0.717) is 0 Å². The van der Waals surface area contributed by atoms with E-state index in [1.54, 1.807) is 0 Å². The van der Waals surface area contributed by atoms with Gasteiger partial charge < -0.3 is 5.32 Å². The van der Waals surface area contributed by atoms with E-state index < -0.39 is 0 Å². The maximum atomic E-state index is 3.72. The second-order valence-corrected chi connectivity index (χ2v) is 6.02. The summed E-state index contributed by atoms with van der Waals surface area (Å²) in [6.07, 6.45) is 10.1. The molecule has 0 radical (unpaired) electrons. The minimum Gasteiger partial charge on any atom is -0.314 e. The molecule has 1 nitrogen and oxygen atoms in total. The largest absolute Gasteiger partial charge is 0.314 e. The van der Waals surface area contributed by atoms with Crippen molar-refractivity contribution in [2.24, 2.45) is 5.92 Å². The zero-order chi connectivity index (χ0) is 9.64. The Labute approximate surface area is 92.4 Å². The molecule has 1 N–H and O–H groups in total. The van der Waals surface area contributed by atoms with Crippen molar-refractivity contribution < 1.29 is 0 Å². The molecule has 0 aliphatic carbocycles. The molecular formula is C12H23NS. The lowest BCUT2D eigenvalue weighted by Crippen LogP contribution is -2.31. The van der Waals surface area contributed by atoms with Gasteiger partial charge in [0.15, 0.2) is 0 Å². The van der Waals surface area contributed by atoms with E-state index in [4.69, 9.17) is 0 Å². The Kier molecular flexibility index (Phi) is 4.65. The van der Waals surface area contributed by atoms with Crippen molar-refractivity contribution in [1.82, 2.24) is 5.32 Å². The molecule has 2 aliphatic rings. The minimum atomic E-state index is 0.852. The first kappa shape index (κ1) is 10.8. The fourth-order valence-corrected chi connectivity index (χ4v) is 3.89. The first-order valence-corrected chi connectivity index (χ1v) is 7.42. The van der Waals surface area contributed by atoms with Gasteiger partial charge in [0, 0.05) is 6.04 Å². The minimum absolute atomic E-state index is 0.852. The van der Waals surface area contributed by atoms with Crippen LogP contribution in [0.4, 0.5) is 0 Å². The summed E-state index contributed by atoms with van der Waals surface area (Å²) in [5.41, 5.74) is 0. The molecule has 2 heterocycles. The van der Waals surface area contributed by atoms with Crippen LogP contribution in [0.25, 0.3) is 0 Å². The second-order valence-electron chi connectivity index (χ2n) is 4.79. The van der Waals surface area contributed by atoms with Gasteiger partial charge in [-0.3, -0.25) is 0 Å². The summed E-state index contributed by atoms with van der Waals surface area (Å²) in [4.78, 5) is 0. The molecule has 0 aromatic rings. The van der Waals surface area contributed by atoms with Gasteiger partial charge in [0.05, 0.1) is 0 Å². The lowest BCUT2D eigenvalue weighted by Gasteiger charge is -2.26. The first-order valence-electron chi connectivity index (χ1n) is 6.26. The lowest BCUT2D eigenvalue weighted by atomic mass is 9.92. The molecular weight excluding hydrogens is 190 g/mol. The van der Waals surface area contributed by atoms with Crippen LogP contribution in [0.15, 0.2) is 0 Å². The van der Waals surface area contributed by atoms with Crippen LogP contribution >= 0.6 is 11.8 Å². The van der Waals surface area contributed by atoms with Gasteiger partial charge >= 0.3 is 0 Å². The Morgan fingerprint density at radius 1 is 1.00 bits per heavy atom. The Morgan fingerprint density at radius 2 is 1.86 bits per heavy atom. The van der Waals surface area contributed by atoms with Gasteiger partial charge in [0.25, 0.3) is 0 Å². The fourth-order valence-electron chi connectivity index (χ4n) is 2.69. The summed E-state index contributed by atoms with van der Waals surface area (Å²) in [7, 11) is 0. The van der Waals surface area contributed by atoms with E-state index in [1.165, 1.54) is 63.0 Å². The number of hydrogen-bond donors (Lipinski definition) is 1. The topological polar surface area (TPSA) is 12.0 Å². The van der Waals surface area contributed by atoms with E-state index in [2.05, 4.69) is 17.1 Å². The van der Waals surface area contributed by atoms with Crippen LogP contribution in [0.5, 0.6) is 0 Å². The standard InChI is InChI=1S/C12H23NS/c1-2-4-12(13-7-3-1)10-11-5-8-14-9-6-11/h11-13H,1-10H2. The van der Waals surface area contributed by atoms with Crippen LogP contribution in [0, 0.1) is 5.92 Å². The highest BCUT2D eigenvalue weighted by Crippen LogP contribution is 2.27. The maximum absolute atomic E-state index is 3.72. The monoisotopic (exact) mass is 213 g/mol. The van der Waals surface area contributed by atoms with Crippen LogP contribution in [0.1, 0.15) is 44.9 Å². The third kappa shape index (κ3) is 3.47. The molecule has 2 fully saturated rings. The number of thioether (sulfide) groups is 1. The molecule has 0 aromatic carbocycles. The highest BCUT2D eigenvalue weighted by Gasteiger charge is 2.19. The van der Waals surface area contributed by atoms with Gasteiger partial charge in [-0.05, 0) is 56.1 Å². The third-order valence-electron chi connectivity index (χ3n) is 3.62. The van der Waals surface area contributed by atoms with Crippen molar-refractivity contribution in [2.75, 3.05) is 18.1 Å². The number of nitrogens with one attached hydrogen (secondary N) is 1. The summed E-state index contributed by atoms with van der Waals surface area (Å²) in [6.45, 7) is 1.27. The molecule has 2 saturated heterocycles. The molecule has 14 heavy (non-hydrogen) atoms. The van der Waals surface area contributed by atoms with Crippen molar-refractivity contribution in [1.29, 1.82) is 0 Å². The molecule has 2 aliphatic heterocycles. The highest BCUT2D eigenvalue weighted by molar-refractivity contribution is 7.99. The molecule has 0 saturated carbocycles. The summed E-state index contributed by atoms with van der Waals surface area (Å²) < 4.78 is 0. The molecule has 0 aromatic heterocycles. The first-order chi connectivity index (χ1) is 6.95. The Morgan fingerprint density at radius 3 is 2.71 bits per heavy atom. The van der Waals surface area contributed by atoms with E-state index in [9.17, 15) is 0 Å². The fraction of sp³-hybridized carbons (Fsp3) is 1.00. The Bertz CT molecular complexity index is 146. The summed E-state index contributed by atoms with van der Waals surface area (Å²) in [5, 5.41) is 3.72. The lowest BCUT2D eigenvalue weighted by molar-refractivity contribution is 0.360. The molecule has 1 unspecified atom stereocenters. The quantitative estimate of drug-likeness (QED) is 0.756. The van der Waals surface area contributed by atoms with Crippen LogP contribution < -0.4 is 5.32 Å². The smallest absolute Gasteiger partial charge is 0.00697 e. The summed E-state index contributed by atoms with van der Waals surface area (Å²) >= 11 is 2.14. The van der Waals surface area contributed by atoms with Crippen molar-refractivity contribution in [3.63, 3.8) is 0 Å². The van der Waals surface area contributed by atoms with Gasteiger partial charge in [0.1, 0.15) is 0 Å². The second kappa shape index (κ2) is 6.02. The number of hydrogen-bond acceptors (Lipinski definition) is 2. The van der Waals surface area contributed by atoms with Crippen molar-refractivity contribution in [3.8, 4) is 0 Å². The highest BCUT2D eigenvalue weighted by atomic mass is 32.2. The average molecular weight is 213 g/mol. The van der Waals surface area contributed by atoms with Gasteiger partial charge in [-0.1, -0.05) is 12.8 Å². The Balaban J connectivity index is 1.71. The molecule has 82 valence electrons. The predicted octanol–water partition coefficient (Wildman–Crippen LogP) is 3.05. The SMILES string of the molecule is C1CCNC(CC2CCSCC2)CC1. The van der Waals surface area contributed by atoms with Crippen LogP contribution in [0.2, 0.25) is 0 Å². The number of rotatable bonds is 2. The summed E-state index contributed by atoms with van der Waals surface area (Å²) in [6, 6.07) is 0.852. The van der Waals surface area contributed by atoms with Crippen molar-refractivity contribution >= 4 is 11.8 Å². The van der Waals surface area contributed by atoms with Crippen molar-refractivity contribution in [2.45, 2.75) is 51.0 Å². The van der Waals surface area contributed by atoms with Crippen LogP contribution in [0.3, 0.4) is 0 Å². The normalized spacial score (nSPS) is 31.3. The zero-order valence-corrected chi connectivity index (χ0v) is 9.95. The van der Waals surface area contributed by atoms with Crippen molar-refractivity contribution in [3.05, 3.63) is 0 Å². The maximum Gasteiger partial charge on any atom is 0.00697 e. The van der Waals surface area contributed by atoms with E-state index in [0.717, 1.165) is 12.0 Å². The van der Waals surface area contributed by atoms with E-state index in [1.807, 2.05) is 0 Å². The molecule has 0 spiro atoms. The van der Waals surface area contributed by atoms with Gasteiger partial charge in [-0.2, -0.15) is 11.8 Å². The molecule has 2 heteroatoms. The Hall–Kier alpha value is 0.310. The van der Waals surface area contributed by atoms with Gasteiger partial charge in [0.2, 0.25) is 0 Å².